The van der Waals surface area contributed by atoms with Crippen molar-refractivity contribution in [1.82, 2.24) is 4.90 Å². The summed E-state index contributed by atoms with van der Waals surface area (Å²) in [6.45, 7) is 1.46. The van der Waals surface area contributed by atoms with Crippen molar-refractivity contribution in [3.63, 3.8) is 0 Å². The molecule has 1 atom stereocenters. The molecular weight excluding hydrogens is 365 g/mol. The largest absolute Gasteiger partial charge is 0.338 e. The number of amides is 1. The molecule has 2 rings (SSSR count). The molecule has 1 fully saturated rings. The molecule has 0 N–H and O–H groups in total. The van der Waals surface area contributed by atoms with Gasteiger partial charge in [0.05, 0.1) is 10.0 Å². The van der Waals surface area contributed by atoms with Crippen LogP contribution in [-0.2, 0) is 0 Å². The minimum absolute atomic E-state index is 0.156. The Morgan fingerprint density at radius 2 is 2.28 bits per heavy atom. The third-order valence-corrected chi connectivity index (χ3v) is 4.34. The van der Waals surface area contributed by atoms with Gasteiger partial charge in [-0.1, -0.05) is 22.0 Å². The summed E-state index contributed by atoms with van der Waals surface area (Å²) in [5, 5.41) is 0.949. The van der Waals surface area contributed by atoms with Gasteiger partial charge < -0.3 is 4.90 Å². The molecule has 2 nitrogen and oxygen atoms in total. The van der Waals surface area contributed by atoms with E-state index in [0.717, 1.165) is 31.3 Å². The van der Waals surface area contributed by atoms with Gasteiger partial charge >= 0.3 is 0 Å². The van der Waals surface area contributed by atoms with Gasteiger partial charge in [-0.05, 0) is 46.8 Å². The van der Waals surface area contributed by atoms with E-state index in [1.165, 1.54) is 0 Å². The summed E-state index contributed by atoms with van der Waals surface area (Å²) in [7, 11) is 0. The van der Waals surface area contributed by atoms with Crippen molar-refractivity contribution in [2.24, 2.45) is 5.92 Å². The smallest absolute Gasteiger partial charge is 0.256 e. The van der Waals surface area contributed by atoms with E-state index in [1.54, 1.807) is 23.1 Å². The summed E-state index contributed by atoms with van der Waals surface area (Å²) < 4.78 is 14.2. The third-order valence-electron chi connectivity index (χ3n) is 3.27. The van der Waals surface area contributed by atoms with Crippen molar-refractivity contribution >= 4 is 37.8 Å². The highest BCUT2D eigenvalue weighted by molar-refractivity contribution is 9.10. The summed E-state index contributed by atoms with van der Waals surface area (Å²) in [6.07, 6.45) is 2.07. The molecule has 0 aliphatic carbocycles. The van der Waals surface area contributed by atoms with Crippen LogP contribution in [0.5, 0.6) is 0 Å². The highest BCUT2D eigenvalue weighted by Crippen LogP contribution is 2.25. The number of benzene rings is 1. The maximum Gasteiger partial charge on any atom is 0.256 e. The first-order valence-corrected chi connectivity index (χ1v) is 7.84. The first-order chi connectivity index (χ1) is 8.63. The standard InChI is InChI=1S/C13H14Br2FNO/c14-6-4-9-5-7-17(8-9)13(18)10-2-1-3-11(15)12(10)16/h1-3,9H,4-8H2. The fraction of sp³-hybridized carbons (Fsp3) is 0.462. The lowest BCUT2D eigenvalue weighted by Crippen LogP contribution is -2.29. The van der Waals surface area contributed by atoms with Gasteiger partial charge in [0.15, 0.2) is 0 Å². The lowest BCUT2D eigenvalue weighted by molar-refractivity contribution is 0.0782. The van der Waals surface area contributed by atoms with Crippen LogP contribution >= 0.6 is 31.9 Å². The van der Waals surface area contributed by atoms with E-state index in [0.29, 0.717) is 10.4 Å². The average molecular weight is 379 g/mol. The molecule has 1 unspecified atom stereocenters. The Balaban J connectivity index is 2.11. The Bertz CT molecular complexity index is 453. The van der Waals surface area contributed by atoms with E-state index in [2.05, 4.69) is 31.9 Å². The normalized spacial score (nSPS) is 19.3. The maximum absolute atomic E-state index is 13.8. The molecule has 5 heteroatoms. The molecule has 0 aromatic heterocycles. The van der Waals surface area contributed by atoms with Crippen molar-refractivity contribution in [1.29, 1.82) is 0 Å². The minimum Gasteiger partial charge on any atom is -0.338 e. The second kappa shape index (κ2) is 6.15. The van der Waals surface area contributed by atoms with Crippen LogP contribution in [-0.4, -0.2) is 29.2 Å². The lowest BCUT2D eigenvalue weighted by atomic mass is 10.1. The van der Waals surface area contributed by atoms with Crippen LogP contribution in [0.1, 0.15) is 23.2 Å². The summed E-state index contributed by atoms with van der Waals surface area (Å²) >= 11 is 6.52. The van der Waals surface area contributed by atoms with Gasteiger partial charge in [0.1, 0.15) is 5.82 Å². The van der Waals surface area contributed by atoms with Crippen molar-refractivity contribution in [3.8, 4) is 0 Å². The van der Waals surface area contributed by atoms with Gasteiger partial charge in [0.25, 0.3) is 5.91 Å². The molecule has 0 spiro atoms. The number of nitrogens with zero attached hydrogens (tertiary/aromatic N) is 1. The van der Waals surface area contributed by atoms with E-state index >= 15 is 0 Å². The number of likely N-dealkylation sites (tertiary alicyclic amines) is 1. The van der Waals surface area contributed by atoms with E-state index in [1.807, 2.05) is 0 Å². The summed E-state index contributed by atoms with van der Waals surface area (Å²) in [4.78, 5) is 14.0. The highest BCUT2D eigenvalue weighted by Gasteiger charge is 2.28. The zero-order valence-corrected chi connectivity index (χ0v) is 13.0. The number of carbonyl (C=O) groups excluding carboxylic acids is 1. The zero-order valence-electron chi connectivity index (χ0n) is 9.83. The third kappa shape index (κ3) is 2.94. The van der Waals surface area contributed by atoms with Crippen LogP contribution in [0.15, 0.2) is 22.7 Å². The molecule has 18 heavy (non-hydrogen) atoms. The Kier molecular flexibility index (Phi) is 4.78. The minimum atomic E-state index is -0.466. The molecule has 0 saturated carbocycles. The van der Waals surface area contributed by atoms with Gasteiger partial charge in [-0.15, -0.1) is 0 Å². The lowest BCUT2D eigenvalue weighted by Gasteiger charge is -2.17. The van der Waals surface area contributed by atoms with Crippen molar-refractivity contribution < 1.29 is 9.18 Å². The molecular formula is C13H14Br2FNO. The molecule has 1 aromatic rings. The number of carbonyl (C=O) groups is 1. The van der Waals surface area contributed by atoms with E-state index in [4.69, 9.17) is 0 Å². The second-order valence-electron chi connectivity index (χ2n) is 4.48. The number of hydrogen-bond acceptors (Lipinski definition) is 1. The van der Waals surface area contributed by atoms with Gasteiger partial charge in [0, 0.05) is 18.4 Å². The van der Waals surface area contributed by atoms with Crippen LogP contribution in [0.25, 0.3) is 0 Å². The molecule has 0 radical (unpaired) electrons. The van der Waals surface area contributed by atoms with Gasteiger partial charge in [-0.2, -0.15) is 0 Å². The fourth-order valence-electron chi connectivity index (χ4n) is 2.25. The van der Waals surface area contributed by atoms with Crippen molar-refractivity contribution in [3.05, 3.63) is 34.1 Å². The maximum atomic E-state index is 13.8. The molecule has 1 aromatic carbocycles. The van der Waals surface area contributed by atoms with Crippen LogP contribution < -0.4 is 0 Å². The number of halogens is 3. The van der Waals surface area contributed by atoms with Crippen molar-refractivity contribution in [2.45, 2.75) is 12.8 Å². The van der Waals surface area contributed by atoms with Crippen LogP contribution in [0.2, 0.25) is 0 Å². The number of alkyl halides is 1. The van der Waals surface area contributed by atoms with E-state index in [-0.39, 0.29) is 11.5 Å². The zero-order chi connectivity index (χ0) is 13.1. The quantitative estimate of drug-likeness (QED) is 0.732. The Hall–Kier alpha value is -0.420. The Morgan fingerprint density at radius 1 is 1.50 bits per heavy atom. The Labute approximate surface area is 123 Å². The molecule has 1 saturated heterocycles. The first-order valence-electron chi connectivity index (χ1n) is 5.92. The number of hydrogen-bond donors (Lipinski definition) is 0. The summed E-state index contributed by atoms with van der Waals surface area (Å²) in [5.74, 6) is -0.138. The molecule has 98 valence electrons. The van der Waals surface area contributed by atoms with Crippen LogP contribution in [0.4, 0.5) is 4.39 Å². The van der Waals surface area contributed by atoms with E-state index in [9.17, 15) is 9.18 Å². The summed E-state index contributed by atoms with van der Waals surface area (Å²) in [6, 6.07) is 4.83. The molecule has 0 bridgehead atoms. The Morgan fingerprint density at radius 3 is 3.00 bits per heavy atom. The van der Waals surface area contributed by atoms with Gasteiger partial charge in [0.2, 0.25) is 0 Å². The molecule has 1 aliphatic rings. The topological polar surface area (TPSA) is 20.3 Å². The SMILES string of the molecule is O=C(c1cccc(Br)c1F)N1CCC(CCBr)C1. The number of rotatable bonds is 3. The first kappa shape index (κ1) is 14.0. The monoisotopic (exact) mass is 377 g/mol. The fourth-order valence-corrected chi connectivity index (χ4v) is 3.26. The summed E-state index contributed by atoms with van der Waals surface area (Å²) in [5.41, 5.74) is 0.156. The molecule has 1 aliphatic heterocycles. The van der Waals surface area contributed by atoms with Crippen LogP contribution in [0.3, 0.4) is 0 Å². The molecule has 1 amide bonds. The predicted octanol–water partition coefficient (Wildman–Crippen LogP) is 3.84. The van der Waals surface area contributed by atoms with Crippen LogP contribution in [0, 0.1) is 11.7 Å². The van der Waals surface area contributed by atoms with E-state index < -0.39 is 5.82 Å². The second-order valence-corrected chi connectivity index (χ2v) is 6.13. The van der Waals surface area contributed by atoms with Gasteiger partial charge in [-0.3, -0.25) is 4.79 Å². The van der Waals surface area contributed by atoms with Gasteiger partial charge in [-0.25, -0.2) is 4.39 Å². The average Bonchev–Trinajstić information content (AvgIpc) is 2.81. The molecule has 1 heterocycles. The highest BCUT2D eigenvalue weighted by atomic mass is 79.9. The predicted molar refractivity (Wildman–Crippen MR) is 76.5 cm³/mol. The van der Waals surface area contributed by atoms with Crippen molar-refractivity contribution in [2.75, 3.05) is 18.4 Å².